The SMILES string of the molecule is CC(C)(C)C1CCCC(O)(c2cccc(Br)c2F)CC1. The first-order valence-electron chi connectivity index (χ1n) is 7.41. The monoisotopic (exact) mass is 342 g/mol. The number of halogens is 2. The molecule has 3 heteroatoms. The third-order valence-corrected chi connectivity index (χ3v) is 5.34. The van der Waals surface area contributed by atoms with Crippen molar-refractivity contribution >= 4 is 15.9 Å². The van der Waals surface area contributed by atoms with Gasteiger partial charge in [0.05, 0.1) is 10.1 Å². The Kier molecular flexibility index (Phi) is 4.60. The van der Waals surface area contributed by atoms with Gasteiger partial charge in [-0.15, -0.1) is 0 Å². The number of aliphatic hydroxyl groups is 1. The quantitative estimate of drug-likeness (QED) is 0.677. The van der Waals surface area contributed by atoms with Crippen LogP contribution in [0.15, 0.2) is 22.7 Å². The van der Waals surface area contributed by atoms with Crippen LogP contribution in [0.25, 0.3) is 0 Å². The molecule has 1 saturated carbocycles. The van der Waals surface area contributed by atoms with E-state index in [-0.39, 0.29) is 11.2 Å². The van der Waals surface area contributed by atoms with Crippen molar-refractivity contribution in [1.29, 1.82) is 0 Å². The second-order valence-electron chi connectivity index (χ2n) is 7.13. The maximum Gasteiger partial charge on any atom is 0.143 e. The summed E-state index contributed by atoms with van der Waals surface area (Å²) in [5.41, 5.74) is -0.323. The van der Waals surface area contributed by atoms with Crippen LogP contribution in [-0.4, -0.2) is 5.11 Å². The molecule has 0 bridgehead atoms. The van der Waals surface area contributed by atoms with Crippen LogP contribution >= 0.6 is 15.9 Å². The van der Waals surface area contributed by atoms with Crippen molar-refractivity contribution in [2.45, 2.75) is 58.5 Å². The fourth-order valence-corrected chi connectivity index (χ4v) is 3.69. The summed E-state index contributed by atoms with van der Waals surface area (Å²) >= 11 is 3.21. The van der Waals surface area contributed by atoms with Crippen LogP contribution in [0.3, 0.4) is 0 Å². The predicted molar refractivity (Wildman–Crippen MR) is 84.0 cm³/mol. The van der Waals surface area contributed by atoms with E-state index in [9.17, 15) is 9.50 Å². The first-order valence-corrected chi connectivity index (χ1v) is 8.20. The van der Waals surface area contributed by atoms with Crippen LogP contribution in [0.2, 0.25) is 0 Å². The lowest BCUT2D eigenvalue weighted by molar-refractivity contribution is 0.0145. The molecular formula is C17H24BrFO. The first-order chi connectivity index (χ1) is 9.24. The average Bonchev–Trinajstić information content (AvgIpc) is 2.55. The number of hydrogen-bond acceptors (Lipinski definition) is 1. The van der Waals surface area contributed by atoms with Crippen molar-refractivity contribution in [3.05, 3.63) is 34.1 Å². The largest absolute Gasteiger partial charge is 0.385 e. The molecule has 2 unspecified atom stereocenters. The second kappa shape index (κ2) is 5.76. The molecule has 1 aliphatic rings. The van der Waals surface area contributed by atoms with Crippen LogP contribution in [0.1, 0.15) is 58.4 Å². The van der Waals surface area contributed by atoms with Gasteiger partial charge in [-0.25, -0.2) is 4.39 Å². The molecule has 1 aromatic carbocycles. The van der Waals surface area contributed by atoms with E-state index in [2.05, 4.69) is 36.7 Å². The molecule has 0 aliphatic heterocycles. The molecule has 1 fully saturated rings. The highest BCUT2D eigenvalue weighted by molar-refractivity contribution is 9.10. The van der Waals surface area contributed by atoms with E-state index >= 15 is 0 Å². The van der Waals surface area contributed by atoms with Gasteiger partial charge in [-0.1, -0.05) is 32.9 Å². The molecule has 0 aromatic heterocycles. The van der Waals surface area contributed by atoms with Gasteiger partial charge >= 0.3 is 0 Å². The van der Waals surface area contributed by atoms with Crippen molar-refractivity contribution in [2.75, 3.05) is 0 Å². The first kappa shape index (κ1) is 16.0. The molecule has 0 spiro atoms. The number of benzene rings is 1. The molecule has 1 aliphatic carbocycles. The van der Waals surface area contributed by atoms with Crippen molar-refractivity contribution in [2.24, 2.45) is 11.3 Å². The fourth-order valence-electron chi connectivity index (χ4n) is 3.32. The van der Waals surface area contributed by atoms with Gasteiger partial charge in [-0.3, -0.25) is 0 Å². The maximum absolute atomic E-state index is 14.3. The lowest BCUT2D eigenvalue weighted by Crippen LogP contribution is -2.27. The molecule has 1 nitrogen and oxygen atoms in total. The summed E-state index contributed by atoms with van der Waals surface area (Å²) in [6, 6.07) is 5.20. The Labute approximate surface area is 129 Å². The zero-order valence-electron chi connectivity index (χ0n) is 12.5. The van der Waals surface area contributed by atoms with E-state index in [1.807, 2.05) is 0 Å². The van der Waals surface area contributed by atoms with Crippen LogP contribution in [0.5, 0.6) is 0 Å². The Morgan fingerprint density at radius 1 is 1.25 bits per heavy atom. The van der Waals surface area contributed by atoms with Crippen LogP contribution < -0.4 is 0 Å². The Morgan fingerprint density at radius 2 is 1.95 bits per heavy atom. The summed E-state index contributed by atoms with van der Waals surface area (Å²) in [5, 5.41) is 11.0. The molecule has 2 atom stereocenters. The standard InChI is InChI=1S/C17H24BrFO/c1-16(2,3)12-6-5-10-17(20,11-9-12)13-7-4-8-14(18)15(13)19/h4,7-8,12,20H,5-6,9-11H2,1-3H3. The van der Waals surface area contributed by atoms with Gasteiger partial charge in [0.1, 0.15) is 5.82 Å². The van der Waals surface area contributed by atoms with Crippen molar-refractivity contribution < 1.29 is 9.50 Å². The smallest absolute Gasteiger partial charge is 0.143 e. The van der Waals surface area contributed by atoms with Gasteiger partial charge in [0.25, 0.3) is 0 Å². The molecule has 20 heavy (non-hydrogen) atoms. The summed E-state index contributed by atoms with van der Waals surface area (Å²) in [4.78, 5) is 0. The number of rotatable bonds is 1. The van der Waals surface area contributed by atoms with Crippen molar-refractivity contribution in [3.8, 4) is 0 Å². The van der Waals surface area contributed by atoms with Gasteiger partial charge < -0.3 is 5.11 Å². The summed E-state index contributed by atoms with van der Waals surface area (Å²) in [6.07, 6.45) is 4.30. The summed E-state index contributed by atoms with van der Waals surface area (Å²) < 4.78 is 14.7. The number of hydrogen-bond donors (Lipinski definition) is 1. The van der Waals surface area contributed by atoms with Crippen LogP contribution in [-0.2, 0) is 5.60 Å². The zero-order chi connectivity index (χ0) is 15.0. The molecule has 0 saturated heterocycles. The minimum absolute atomic E-state index is 0.251. The van der Waals surface area contributed by atoms with E-state index in [4.69, 9.17) is 0 Å². The molecule has 2 rings (SSSR count). The molecular weight excluding hydrogens is 319 g/mol. The highest BCUT2D eigenvalue weighted by atomic mass is 79.9. The molecule has 0 radical (unpaired) electrons. The summed E-state index contributed by atoms with van der Waals surface area (Å²) in [6.45, 7) is 6.76. The Morgan fingerprint density at radius 3 is 2.60 bits per heavy atom. The zero-order valence-corrected chi connectivity index (χ0v) is 14.1. The molecule has 112 valence electrons. The van der Waals surface area contributed by atoms with Crippen molar-refractivity contribution in [3.63, 3.8) is 0 Å². The highest BCUT2D eigenvalue weighted by Crippen LogP contribution is 2.44. The fraction of sp³-hybridized carbons (Fsp3) is 0.647. The highest BCUT2D eigenvalue weighted by Gasteiger charge is 2.37. The Bertz CT molecular complexity index is 480. The minimum Gasteiger partial charge on any atom is -0.385 e. The van der Waals surface area contributed by atoms with Crippen LogP contribution in [0, 0.1) is 17.2 Å². The Hall–Kier alpha value is -0.410. The van der Waals surface area contributed by atoms with Gasteiger partial charge in [-0.05, 0) is 65.4 Å². The lowest BCUT2D eigenvalue weighted by atomic mass is 9.76. The van der Waals surface area contributed by atoms with Crippen molar-refractivity contribution in [1.82, 2.24) is 0 Å². The lowest BCUT2D eigenvalue weighted by Gasteiger charge is -2.31. The summed E-state index contributed by atoms with van der Waals surface area (Å²) in [5.74, 6) is 0.274. The van der Waals surface area contributed by atoms with E-state index in [1.165, 1.54) is 0 Å². The van der Waals surface area contributed by atoms with E-state index < -0.39 is 5.60 Å². The van der Waals surface area contributed by atoms with Gasteiger partial charge in [0.2, 0.25) is 0 Å². The molecule has 1 N–H and O–H groups in total. The van der Waals surface area contributed by atoms with E-state index in [1.54, 1.807) is 18.2 Å². The van der Waals surface area contributed by atoms with E-state index in [0.717, 1.165) is 19.3 Å². The normalized spacial score (nSPS) is 28.2. The van der Waals surface area contributed by atoms with Gasteiger partial charge in [0.15, 0.2) is 0 Å². The maximum atomic E-state index is 14.3. The third kappa shape index (κ3) is 3.25. The predicted octanol–water partition coefficient (Wildman–Crippen LogP) is 5.40. The van der Waals surface area contributed by atoms with E-state index in [0.29, 0.717) is 28.8 Å². The van der Waals surface area contributed by atoms with Gasteiger partial charge in [-0.2, -0.15) is 0 Å². The average molecular weight is 343 g/mol. The Balaban J connectivity index is 2.26. The topological polar surface area (TPSA) is 20.2 Å². The van der Waals surface area contributed by atoms with Crippen LogP contribution in [0.4, 0.5) is 4.39 Å². The minimum atomic E-state index is -1.02. The molecule has 0 heterocycles. The molecule has 1 aromatic rings. The summed E-state index contributed by atoms with van der Waals surface area (Å²) in [7, 11) is 0. The van der Waals surface area contributed by atoms with Gasteiger partial charge in [0, 0.05) is 5.56 Å². The second-order valence-corrected chi connectivity index (χ2v) is 7.98. The third-order valence-electron chi connectivity index (χ3n) is 4.73. The molecule has 0 amide bonds.